The molecule has 4 rings (SSSR count). The summed E-state index contributed by atoms with van der Waals surface area (Å²) in [6, 6.07) is 6.32. The normalized spacial score (nSPS) is 24.9. The highest BCUT2D eigenvalue weighted by atomic mass is 35.5. The van der Waals surface area contributed by atoms with Gasteiger partial charge in [0, 0.05) is 35.8 Å². The number of aromatic nitrogens is 2. The number of nitrogens with zero attached hydrogens (tertiary/aromatic N) is 3. The summed E-state index contributed by atoms with van der Waals surface area (Å²) in [4.78, 5) is 23.6. The highest BCUT2D eigenvalue weighted by Gasteiger charge is 2.42. The molecule has 150 valence electrons. The number of nitrogens with one attached hydrogen (secondary N) is 1. The summed E-state index contributed by atoms with van der Waals surface area (Å²) in [6.45, 7) is 5.75. The molecule has 2 bridgehead atoms. The Bertz CT molecular complexity index is 868. The van der Waals surface area contributed by atoms with E-state index in [1.54, 1.807) is 12.3 Å². The predicted molar refractivity (Wildman–Crippen MR) is 111 cm³/mol. The Kier molecular flexibility index (Phi) is 5.08. The first kappa shape index (κ1) is 19.2. The third kappa shape index (κ3) is 4.02. The van der Waals surface area contributed by atoms with Crippen molar-refractivity contribution in [1.29, 1.82) is 0 Å². The van der Waals surface area contributed by atoms with Gasteiger partial charge in [0.2, 0.25) is 0 Å². The van der Waals surface area contributed by atoms with E-state index in [1.165, 1.54) is 0 Å². The first-order valence-electron chi connectivity index (χ1n) is 9.99. The average molecular weight is 403 g/mol. The molecule has 2 fully saturated rings. The molecular weight excluding hydrogens is 376 g/mol. The zero-order valence-electron chi connectivity index (χ0n) is 16.6. The Morgan fingerprint density at radius 3 is 2.68 bits per heavy atom. The van der Waals surface area contributed by atoms with Crippen molar-refractivity contribution in [2.75, 3.05) is 5.32 Å². The van der Waals surface area contributed by atoms with E-state index >= 15 is 0 Å². The minimum atomic E-state index is -0.475. The summed E-state index contributed by atoms with van der Waals surface area (Å²) in [5.41, 5.74) is 0.355. The number of pyridine rings is 2. The van der Waals surface area contributed by atoms with E-state index in [-0.39, 0.29) is 24.2 Å². The van der Waals surface area contributed by atoms with Crippen LogP contribution in [-0.2, 0) is 4.74 Å². The number of hydrogen-bond acceptors (Lipinski definition) is 5. The second kappa shape index (κ2) is 7.39. The first-order chi connectivity index (χ1) is 13.3. The summed E-state index contributed by atoms with van der Waals surface area (Å²) in [5, 5.41) is 4.98. The van der Waals surface area contributed by atoms with Gasteiger partial charge < -0.3 is 15.0 Å². The summed E-state index contributed by atoms with van der Waals surface area (Å²) < 4.78 is 5.67. The lowest BCUT2D eigenvalue weighted by Gasteiger charge is -2.48. The van der Waals surface area contributed by atoms with Crippen molar-refractivity contribution in [2.45, 2.75) is 76.6 Å². The summed E-state index contributed by atoms with van der Waals surface area (Å²) >= 11 is 6.20. The zero-order chi connectivity index (χ0) is 19.9. The van der Waals surface area contributed by atoms with Gasteiger partial charge in [0.25, 0.3) is 0 Å². The van der Waals surface area contributed by atoms with Crippen molar-refractivity contribution < 1.29 is 9.53 Å². The van der Waals surface area contributed by atoms with E-state index in [9.17, 15) is 4.79 Å². The van der Waals surface area contributed by atoms with Crippen LogP contribution in [0.25, 0.3) is 10.9 Å². The molecule has 6 nitrogen and oxygen atoms in total. The molecule has 2 saturated heterocycles. The maximum absolute atomic E-state index is 12.8. The van der Waals surface area contributed by atoms with Crippen molar-refractivity contribution in [2.24, 2.45) is 0 Å². The van der Waals surface area contributed by atoms with Gasteiger partial charge in [0.05, 0.1) is 5.52 Å². The Morgan fingerprint density at radius 1 is 1.29 bits per heavy atom. The molecule has 0 spiro atoms. The fraction of sp³-hybridized carbons (Fsp3) is 0.571. The van der Waals surface area contributed by atoms with Crippen LogP contribution in [0.2, 0.25) is 5.15 Å². The van der Waals surface area contributed by atoms with Gasteiger partial charge in [0.15, 0.2) is 0 Å². The highest BCUT2D eigenvalue weighted by Crippen LogP contribution is 2.37. The van der Waals surface area contributed by atoms with Gasteiger partial charge in [-0.3, -0.25) is 4.98 Å². The number of halogens is 1. The number of amides is 1. The van der Waals surface area contributed by atoms with Crippen LogP contribution in [0.3, 0.4) is 0 Å². The second-order valence-corrected chi connectivity index (χ2v) is 9.19. The van der Waals surface area contributed by atoms with Gasteiger partial charge in [-0.05, 0) is 65.0 Å². The van der Waals surface area contributed by atoms with E-state index < -0.39 is 5.60 Å². The number of anilines is 1. The third-order valence-electron chi connectivity index (χ3n) is 5.49. The Labute approximate surface area is 170 Å². The van der Waals surface area contributed by atoms with Crippen LogP contribution in [0.5, 0.6) is 0 Å². The SMILES string of the molecule is CC(C)(C)OC(=O)N1C2CCCC1CC(Nc1nc(Cl)cc3ncccc13)C2. The molecule has 1 N–H and O–H groups in total. The quantitative estimate of drug-likeness (QED) is 0.714. The van der Waals surface area contributed by atoms with E-state index in [2.05, 4.69) is 15.3 Å². The lowest BCUT2D eigenvalue weighted by atomic mass is 9.82. The van der Waals surface area contributed by atoms with E-state index in [1.807, 2.05) is 37.8 Å². The van der Waals surface area contributed by atoms with Gasteiger partial charge in [0.1, 0.15) is 16.6 Å². The van der Waals surface area contributed by atoms with Crippen LogP contribution in [0, 0.1) is 0 Å². The topological polar surface area (TPSA) is 67.3 Å². The molecule has 2 aromatic rings. The third-order valence-corrected chi connectivity index (χ3v) is 5.68. The van der Waals surface area contributed by atoms with Gasteiger partial charge in [-0.2, -0.15) is 0 Å². The largest absolute Gasteiger partial charge is 0.444 e. The van der Waals surface area contributed by atoms with Crippen LogP contribution in [-0.4, -0.2) is 44.7 Å². The average Bonchev–Trinajstić information content (AvgIpc) is 2.59. The van der Waals surface area contributed by atoms with Crippen molar-refractivity contribution >= 4 is 34.4 Å². The van der Waals surface area contributed by atoms with E-state index in [0.29, 0.717) is 5.15 Å². The van der Waals surface area contributed by atoms with Crippen LogP contribution >= 0.6 is 11.6 Å². The molecule has 0 aromatic carbocycles. The molecule has 28 heavy (non-hydrogen) atoms. The van der Waals surface area contributed by atoms with Crippen molar-refractivity contribution in [3.63, 3.8) is 0 Å². The molecular formula is C21H27ClN4O2. The van der Waals surface area contributed by atoms with Crippen LogP contribution in [0.4, 0.5) is 10.6 Å². The van der Waals surface area contributed by atoms with Gasteiger partial charge in [-0.1, -0.05) is 11.6 Å². The highest BCUT2D eigenvalue weighted by molar-refractivity contribution is 6.30. The van der Waals surface area contributed by atoms with Crippen molar-refractivity contribution in [3.05, 3.63) is 29.5 Å². The van der Waals surface area contributed by atoms with Crippen LogP contribution < -0.4 is 5.32 Å². The number of ether oxygens (including phenoxy) is 1. The fourth-order valence-corrected chi connectivity index (χ4v) is 4.65. The molecule has 1 amide bonds. The number of fused-ring (bicyclic) bond motifs is 3. The minimum absolute atomic E-state index is 0.184. The maximum Gasteiger partial charge on any atom is 0.410 e. The van der Waals surface area contributed by atoms with E-state index in [0.717, 1.165) is 48.8 Å². The number of rotatable bonds is 2. The van der Waals surface area contributed by atoms with Crippen LogP contribution in [0.15, 0.2) is 24.4 Å². The second-order valence-electron chi connectivity index (χ2n) is 8.80. The molecule has 2 atom stereocenters. The lowest BCUT2D eigenvalue weighted by Crippen LogP contribution is -2.58. The zero-order valence-corrected chi connectivity index (χ0v) is 17.4. The van der Waals surface area contributed by atoms with Crippen molar-refractivity contribution in [3.8, 4) is 0 Å². The molecule has 2 unspecified atom stereocenters. The molecule has 2 aliphatic rings. The van der Waals surface area contributed by atoms with Gasteiger partial charge in [-0.25, -0.2) is 9.78 Å². The van der Waals surface area contributed by atoms with E-state index in [4.69, 9.17) is 16.3 Å². The molecule has 7 heteroatoms. The van der Waals surface area contributed by atoms with Gasteiger partial charge in [-0.15, -0.1) is 0 Å². The molecule has 0 radical (unpaired) electrons. The van der Waals surface area contributed by atoms with Crippen LogP contribution in [0.1, 0.15) is 52.9 Å². The predicted octanol–water partition coefficient (Wildman–Crippen LogP) is 5.02. The molecule has 2 aliphatic heterocycles. The Balaban J connectivity index is 1.53. The van der Waals surface area contributed by atoms with Crippen molar-refractivity contribution in [1.82, 2.24) is 14.9 Å². The Morgan fingerprint density at radius 2 is 2.00 bits per heavy atom. The standard InChI is InChI=1S/C21H27ClN4O2/c1-21(2,3)28-20(27)26-14-6-4-7-15(26)11-13(10-14)24-19-16-8-5-9-23-17(16)12-18(22)25-19/h5,8-9,12-15H,4,6-7,10-11H2,1-3H3,(H,24,25). The minimum Gasteiger partial charge on any atom is -0.444 e. The molecule has 4 heterocycles. The summed E-state index contributed by atoms with van der Waals surface area (Å²) in [7, 11) is 0. The monoisotopic (exact) mass is 402 g/mol. The number of hydrogen-bond donors (Lipinski definition) is 1. The first-order valence-corrected chi connectivity index (χ1v) is 10.4. The molecule has 0 aliphatic carbocycles. The lowest BCUT2D eigenvalue weighted by molar-refractivity contribution is -0.0199. The number of carbonyl (C=O) groups is 1. The smallest absolute Gasteiger partial charge is 0.410 e. The fourth-order valence-electron chi connectivity index (χ4n) is 4.46. The Hall–Kier alpha value is -2.08. The molecule has 0 saturated carbocycles. The van der Waals surface area contributed by atoms with Gasteiger partial charge >= 0.3 is 6.09 Å². The maximum atomic E-state index is 12.8. The molecule has 2 aromatic heterocycles. The number of piperidine rings is 2. The summed E-state index contributed by atoms with van der Waals surface area (Å²) in [5.74, 6) is 0.768. The summed E-state index contributed by atoms with van der Waals surface area (Å²) in [6.07, 6.45) is 6.52. The number of carbonyl (C=O) groups excluding carboxylic acids is 1.